The number of esters is 1. The van der Waals surface area contributed by atoms with E-state index in [4.69, 9.17) is 4.74 Å². The van der Waals surface area contributed by atoms with Crippen LogP contribution in [0.1, 0.15) is 39.7 Å². The zero-order chi connectivity index (χ0) is 12.9. The monoisotopic (exact) mass is 234 g/mol. The summed E-state index contributed by atoms with van der Waals surface area (Å²) in [6.45, 7) is 8.55. The molecule has 1 rings (SSSR count). The minimum atomic E-state index is -0.571. The molecule has 0 amide bonds. The first-order chi connectivity index (χ1) is 7.94. The molecular weight excluding hydrogens is 212 g/mol. The van der Waals surface area contributed by atoms with Crippen LogP contribution in [0.3, 0.4) is 0 Å². The molecule has 0 heterocycles. The van der Waals surface area contributed by atoms with E-state index in [-0.39, 0.29) is 5.97 Å². The number of carbonyl (C=O) groups excluding carboxylic acids is 1. The molecule has 2 nitrogen and oxygen atoms in total. The van der Waals surface area contributed by atoms with Gasteiger partial charge in [0.2, 0.25) is 0 Å². The van der Waals surface area contributed by atoms with Crippen molar-refractivity contribution in [2.75, 3.05) is 6.61 Å². The third-order valence-corrected chi connectivity index (χ3v) is 2.93. The number of ether oxygens (including phenoxy) is 1. The van der Waals surface area contributed by atoms with Crippen LogP contribution in [0.25, 0.3) is 0 Å². The van der Waals surface area contributed by atoms with Crippen molar-refractivity contribution in [3.8, 4) is 0 Å². The largest absolute Gasteiger partial charge is 0.465 e. The van der Waals surface area contributed by atoms with Gasteiger partial charge in [-0.1, -0.05) is 44.2 Å². The average Bonchev–Trinajstić information content (AvgIpc) is 2.29. The van der Waals surface area contributed by atoms with Gasteiger partial charge in [-0.15, -0.1) is 0 Å². The second-order valence-electron chi connectivity index (χ2n) is 5.31. The molecule has 0 saturated heterocycles. The highest BCUT2D eigenvalue weighted by Gasteiger charge is 2.31. The first-order valence-corrected chi connectivity index (χ1v) is 6.17. The molecule has 0 aliphatic heterocycles. The zero-order valence-electron chi connectivity index (χ0n) is 11.2. The van der Waals surface area contributed by atoms with Crippen molar-refractivity contribution in [2.24, 2.45) is 5.92 Å². The number of rotatable bonds is 5. The Morgan fingerprint density at radius 3 is 2.35 bits per heavy atom. The highest BCUT2D eigenvalue weighted by Crippen LogP contribution is 2.24. The molecule has 1 aromatic carbocycles. The second kappa shape index (κ2) is 5.85. The number of hydrogen-bond donors (Lipinski definition) is 0. The van der Waals surface area contributed by atoms with Crippen molar-refractivity contribution in [1.29, 1.82) is 0 Å². The summed E-state index contributed by atoms with van der Waals surface area (Å²) in [7, 11) is 0. The highest BCUT2D eigenvalue weighted by molar-refractivity contribution is 5.82. The van der Waals surface area contributed by atoms with Crippen LogP contribution in [0, 0.1) is 5.92 Å². The summed E-state index contributed by atoms with van der Waals surface area (Å²) < 4.78 is 5.33. The third-order valence-electron chi connectivity index (χ3n) is 2.93. The van der Waals surface area contributed by atoms with Gasteiger partial charge in [0.15, 0.2) is 0 Å². The van der Waals surface area contributed by atoms with Crippen molar-refractivity contribution in [1.82, 2.24) is 0 Å². The standard InChI is InChI=1S/C15H22O2/c1-12(2)10-11-17-14(16)15(3,4)13-8-6-5-7-9-13/h5-9,12H,10-11H2,1-4H3. The molecule has 2 heteroatoms. The Balaban J connectivity index is 2.61. The molecule has 0 N–H and O–H groups in total. The Labute approximate surface area is 104 Å². The maximum Gasteiger partial charge on any atom is 0.315 e. The molecule has 17 heavy (non-hydrogen) atoms. The van der Waals surface area contributed by atoms with Gasteiger partial charge in [0.05, 0.1) is 12.0 Å². The minimum absolute atomic E-state index is 0.149. The molecule has 0 fully saturated rings. The molecule has 1 aromatic rings. The van der Waals surface area contributed by atoms with E-state index in [1.54, 1.807) is 0 Å². The predicted octanol–water partition coefficient (Wildman–Crippen LogP) is 3.55. The summed E-state index contributed by atoms with van der Waals surface area (Å²) in [5.41, 5.74) is 0.424. The lowest BCUT2D eigenvalue weighted by Crippen LogP contribution is -2.31. The zero-order valence-corrected chi connectivity index (χ0v) is 11.2. The van der Waals surface area contributed by atoms with Crippen LogP contribution in [0.15, 0.2) is 30.3 Å². The van der Waals surface area contributed by atoms with Gasteiger partial charge >= 0.3 is 5.97 Å². The van der Waals surface area contributed by atoms with E-state index in [0.29, 0.717) is 12.5 Å². The van der Waals surface area contributed by atoms with E-state index in [1.807, 2.05) is 44.2 Å². The van der Waals surface area contributed by atoms with E-state index in [1.165, 1.54) is 0 Å². The molecule has 0 aromatic heterocycles. The molecule has 0 bridgehead atoms. The fraction of sp³-hybridized carbons (Fsp3) is 0.533. The van der Waals surface area contributed by atoms with Gasteiger partial charge < -0.3 is 4.74 Å². The molecule has 0 saturated carbocycles. The topological polar surface area (TPSA) is 26.3 Å². The Morgan fingerprint density at radius 1 is 1.24 bits per heavy atom. The molecular formula is C15H22O2. The van der Waals surface area contributed by atoms with Gasteiger partial charge in [-0.25, -0.2) is 0 Å². The van der Waals surface area contributed by atoms with E-state index in [0.717, 1.165) is 12.0 Å². The molecule has 0 radical (unpaired) electrons. The van der Waals surface area contributed by atoms with Crippen LogP contribution < -0.4 is 0 Å². The maximum atomic E-state index is 12.0. The quantitative estimate of drug-likeness (QED) is 0.728. The van der Waals surface area contributed by atoms with Gasteiger partial charge in [0.1, 0.15) is 0 Å². The Hall–Kier alpha value is -1.31. The van der Waals surface area contributed by atoms with Crippen molar-refractivity contribution in [3.05, 3.63) is 35.9 Å². The summed E-state index contributed by atoms with van der Waals surface area (Å²) >= 11 is 0. The molecule has 0 atom stereocenters. The second-order valence-corrected chi connectivity index (χ2v) is 5.31. The van der Waals surface area contributed by atoms with Gasteiger partial charge in [-0.2, -0.15) is 0 Å². The minimum Gasteiger partial charge on any atom is -0.465 e. The van der Waals surface area contributed by atoms with Crippen molar-refractivity contribution < 1.29 is 9.53 Å². The van der Waals surface area contributed by atoms with Crippen LogP contribution in [0.2, 0.25) is 0 Å². The average molecular weight is 234 g/mol. The Morgan fingerprint density at radius 2 is 1.82 bits per heavy atom. The first-order valence-electron chi connectivity index (χ1n) is 6.17. The summed E-state index contributed by atoms with van der Waals surface area (Å²) in [6.07, 6.45) is 0.913. The van der Waals surface area contributed by atoms with Crippen molar-refractivity contribution in [3.63, 3.8) is 0 Å². The van der Waals surface area contributed by atoms with Gasteiger partial charge in [-0.3, -0.25) is 4.79 Å². The summed E-state index contributed by atoms with van der Waals surface area (Å²) in [6, 6.07) is 9.76. The lowest BCUT2D eigenvalue weighted by molar-refractivity contribution is -0.149. The number of hydrogen-bond acceptors (Lipinski definition) is 2. The summed E-state index contributed by atoms with van der Waals surface area (Å²) in [5, 5.41) is 0. The molecule has 94 valence electrons. The van der Waals surface area contributed by atoms with E-state index in [2.05, 4.69) is 13.8 Å². The Kier molecular flexibility index (Phi) is 4.73. The van der Waals surface area contributed by atoms with Crippen LogP contribution >= 0.6 is 0 Å². The van der Waals surface area contributed by atoms with E-state index in [9.17, 15) is 4.79 Å². The number of carbonyl (C=O) groups is 1. The molecule has 0 aliphatic carbocycles. The van der Waals surface area contributed by atoms with Crippen LogP contribution in [0.4, 0.5) is 0 Å². The molecule has 0 aliphatic rings. The predicted molar refractivity (Wildman–Crippen MR) is 69.9 cm³/mol. The van der Waals surface area contributed by atoms with Crippen molar-refractivity contribution >= 4 is 5.97 Å². The maximum absolute atomic E-state index is 12.0. The van der Waals surface area contributed by atoms with Crippen molar-refractivity contribution in [2.45, 2.75) is 39.5 Å². The molecule has 0 spiro atoms. The number of benzene rings is 1. The van der Waals surface area contributed by atoms with E-state index < -0.39 is 5.41 Å². The first kappa shape index (κ1) is 13.8. The fourth-order valence-corrected chi connectivity index (χ4v) is 1.54. The molecule has 0 unspecified atom stereocenters. The van der Waals surface area contributed by atoms with Crippen LogP contribution in [-0.4, -0.2) is 12.6 Å². The summed E-state index contributed by atoms with van der Waals surface area (Å²) in [5.74, 6) is 0.409. The van der Waals surface area contributed by atoms with Crippen LogP contribution in [0.5, 0.6) is 0 Å². The smallest absolute Gasteiger partial charge is 0.315 e. The third kappa shape index (κ3) is 3.88. The normalized spacial score (nSPS) is 11.6. The summed E-state index contributed by atoms with van der Waals surface area (Å²) in [4.78, 5) is 12.0. The Bertz CT molecular complexity index is 352. The highest BCUT2D eigenvalue weighted by atomic mass is 16.5. The lowest BCUT2D eigenvalue weighted by atomic mass is 9.85. The van der Waals surface area contributed by atoms with Gasteiger partial charge in [0.25, 0.3) is 0 Å². The van der Waals surface area contributed by atoms with Gasteiger partial charge in [0, 0.05) is 0 Å². The lowest BCUT2D eigenvalue weighted by Gasteiger charge is -2.23. The SMILES string of the molecule is CC(C)CCOC(=O)C(C)(C)c1ccccc1. The van der Waals surface area contributed by atoms with E-state index >= 15 is 0 Å². The van der Waals surface area contributed by atoms with Crippen LogP contribution in [-0.2, 0) is 14.9 Å². The fourth-order valence-electron chi connectivity index (χ4n) is 1.54. The van der Waals surface area contributed by atoms with Gasteiger partial charge in [-0.05, 0) is 31.7 Å².